The molecule has 1 aliphatic heterocycles. The fourth-order valence-corrected chi connectivity index (χ4v) is 5.80. The molecule has 3 heteroatoms. The van der Waals surface area contributed by atoms with Crippen molar-refractivity contribution in [3.63, 3.8) is 0 Å². The number of rotatable bonds is 2. The van der Waals surface area contributed by atoms with E-state index in [9.17, 15) is 9.59 Å². The maximum Gasteiger partial charge on any atom is 0.230 e. The normalized spacial score (nSPS) is 38.2. The molecular formula is C18H29NO2. The molecule has 0 aromatic carbocycles. The summed E-state index contributed by atoms with van der Waals surface area (Å²) in [6, 6.07) is 0. The highest BCUT2D eigenvalue weighted by Gasteiger charge is 2.56. The van der Waals surface area contributed by atoms with Crippen molar-refractivity contribution in [2.45, 2.75) is 71.6 Å². The van der Waals surface area contributed by atoms with Gasteiger partial charge < -0.3 is 0 Å². The molecule has 2 saturated carbocycles. The van der Waals surface area contributed by atoms with E-state index in [1.165, 1.54) is 44.9 Å². The zero-order valence-electron chi connectivity index (χ0n) is 13.5. The van der Waals surface area contributed by atoms with Gasteiger partial charge in [-0.15, -0.1) is 0 Å². The minimum absolute atomic E-state index is 0.0261. The van der Waals surface area contributed by atoms with Gasteiger partial charge in [-0.2, -0.15) is 0 Å². The molecule has 2 amide bonds. The zero-order valence-corrected chi connectivity index (χ0v) is 13.5. The number of hydrogen-bond donors (Lipinski definition) is 1. The number of carbonyl (C=O) groups is 2. The van der Waals surface area contributed by atoms with Crippen molar-refractivity contribution >= 4 is 11.8 Å². The summed E-state index contributed by atoms with van der Waals surface area (Å²) in [4.78, 5) is 24.8. The monoisotopic (exact) mass is 291 g/mol. The Morgan fingerprint density at radius 2 is 1.71 bits per heavy atom. The van der Waals surface area contributed by atoms with Crippen molar-refractivity contribution in [1.82, 2.24) is 5.32 Å². The van der Waals surface area contributed by atoms with Gasteiger partial charge in [-0.05, 0) is 48.9 Å². The van der Waals surface area contributed by atoms with E-state index < -0.39 is 0 Å². The van der Waals surface area contributed by atoms with Gasteiger partial charge in [0.1, 0.15) is 0 Å². The average molecular weight is 291 g/mol. The highest BCUT2D eigenvalue weighted by Crippen LogP contribution is 2.57. The molecule has 0 radical (unpaired) electrons. The second kappa shape index (κ2) is 5.73. The average Bonchev–Trinajstić information content (AvgIpc) is 2.91. The lowest BCUT2D eigenvalue weighted by atomic mass is 9.51. The molecule has 1 heterocycles. The first kappa shape index (κ1) is 15.1. The Balaban J connectivity index is 1.99. The molecule has 3 rings (SSSR count). The Bertz CT molecular complexity index is 425. The van der Waals surface area contributed by atoms with Crippen LogP contribution in [0.5, 0.6) is 0 Å². The fraction of sp³-hybridized carbons (Fsp3) is 0.889. The number of imide groups is 1. The van der Waals surface area contributed by atoms with Gasteiger partial charge in [0.05, 0.1) is 0 Å². The smallest absolute Gasteiger partial charge is 0.230 e. The van der Waals surface area contributed by atoms with Gasteiger partial charge in [-0.1, -0.05) is 39.5 Å². The summed E-state index contributed by atoms with van der Waals surface area (Å²) < 4.78 is 0. The van der Waals surface area contributed by atoms with Crippen molar-refractivity contribution in [1.29, 1.82) is 0 Å². The second-order valence-electron chi connectivity index (χ2n) is 7.94. The van der Waals surface area contributed by atoms with E-state index in [2.05, 4.69) is 19.2 Å². The molecule has 3 aliphatic rings. The van der Waals surface area contributed by atoms with Crippen LogP contribution in [0.1, 0.15) is 71.6 Å². The SMILES string of the molecule is CC(C)C1CCCCC12CC(=O)NC(=O)C2C1CCCC1. The van der Waals surface area contributed by atoms with Gasteiger partial charge in [0, 0.05) is 12.3 Å². The van der Waals surface area contributed by atoms with Crippen LogP contribution in [0.2, 0.25) is 0 Å². The van der Waals surface area contributed by atoms with Crippen LogP contribution in [-0.2, 0) is 9.59 Å². The molecule has 0 aromatic rings. The van der Waals surface area contributed by atoms with Crippen molar-refractivity contribution in [2.75, 3.05) is 0 Å². The van der Waals surface area contributed by atoms with E-state index in [0.717, 1.165) is 6.42 Å². The Morgan fingerprint density at radius 1 is 1.05 bits per heavy atom. The fourth-order valence-electron chi connectivity index (χ4n) is 5.80. The summed E-state index contributed by atoms with van der Waals surface area (Å²) >= 11 is 0. The van der Waals surface area contributed by atoms with E-state index in [-0.39, 0.29) is 23.1 Å². The van der Waals surface area contributed by atoms with Crippen molar-refractivity contribution in [3.8, 4) is 0 Å². The lowest BCUT2D eigenvalue weighted by molar-refractivity contribution is -0.154. The number of piperidine rings is 1. The van der Waals surface area contributed by atoms with Gasteiger partial charge in [0.2, 0.25) is 11.8 Å². The minimum atomic E-state index is -0.0408. The number of hydrogen-bond acceptors (Lipinski definition) is 2. The second-order valence-corrected chi connectivity index (χ2v) is 7.94. The highest BCUT2D eigenvalue weighted by atomic mass is 16.2. The number of amides is 2. The van der Waals surface area contributed by atoms with E-state index >= 15 is 0 Å². The van der Waals surface area contributed by atoms with Gasteiger partial charge in [-0.3, -0.25) is 14.9 Å². The maximum atomic E-state index is 12.7. The van der Waals surface area contributed by atoms with Crippen molar-refractivity contribution in [3.05, 3.63) is 0 Å². The van der Waals surface area contributed by atoms with Crippen LogP contribution in [0, 0.1) is 29.1 Å². The molecule has 3 nitrogen and oxygen atoms in total. The largest absolute Gasteiger partial charge is 0.296 e. The predicted molar refractivity (Wildman–Crippen MR) is 82.4 cm³/mol. The van der Waals surface area contributed by atoms with E-state index in [1.54, 1.807) is 0 Å². The van der Waals surface area contributed by atoms with Crippen LogP contribution in [0.3, 0.4) is 0 Å². The molecule has 2 aliphatic carbocycles. The van der Waals surface area contributed by atoms with Gasteiger partial charge in [0.15, 0.2) is 0 Å². The highest BCUT2D eigenvalue weighted by molar-refractivity contribution is 6.00. The summed E-state index contributed by atoms with van der Waals surface area (Å²) in [5.41, 5.74) is -0.0408. The summed E-state index contributed by atoms with van der Waals surface area (Å²) in [7, 11) is 0. The standard InChI is InChI=1S/C18H29NO2/c1-12(2)14-9-5-6-10-18(14)11-15(20)19-17(21)16(18)13-7-3-4-8-13/h12-14,16H,3-11H2,1-2H3,(H,19,20,21). The minimum Gasteiger partial charge on any atom is -0.296 e. The Labute approximate surface area is 128 Å². The lowest BCUT2D eigenvalue weighted by Crippen LogP contribution is -2.58. The van der Waals surface area contributed by atoms with Crippen molar-refractivity contribution < 1.29 is 9.59 Å². The van der Waals surface area contributed by atoms with Crippen LogP contribution in [-0.4, -0.2) is 11.8 Å². The molecule has 3 atom stereocenters. The van der Waals surface area contributed by atoms with Crippen molar-refractivity contribution in [2.24, 2.45) is 29.1 Å². The molecule has 3 unspecified atom stereocenters. The van der Waals surface area contributed by atoms with E-state index in [1.807, 2.05) is 0 Å². The third-order valence-corrected chi connectivity index (χ3v) is 6.48. The summed E-state index contributed by atoms with van der Waals surface area (Å²) in [6.45, 7) is 4.56. The molecule has 1 spiro atoms. The lowest BCUT2D eigenvalue weighted by Gasteiger charge is -2.53. The topological polar surface area (TPSA) is 46.2 Å². The Hall–Kier alpha value is -0.860. The zero-order chi connectivity index (χ0) is 15.0. The Kier molecular flexibility index (Phi) is 4.11. The number of carbonyl (C=O) groups excluding carboxylic acids is 2. The molecule has 1 N–H and O–H groups in total. The van der Waals surface area contributed by atoms with Crippen LogP contribution in [0.15, 0.2) is 0 Å². The van der Waals surface area contributed by atoms with Crippen LogP contribution in [0.4, 0.5) is 0 Å². The molecule has 3 fully saturated rings. The maximum absolute atomic E-state index is 12.7. The van der Waals surface area contributed by atoms with E-state index in [0.29, 0.717) is 24.2 Å². The quantitative estimate of drug-likeness (QED) is 0.789. The van der Waals surface area contributed by atoms with Crippen LogP contribution >= 0.6 is 0 Å². The molecule has 118 valence electrons. The van der Waals surface area contributed by atoms with Crippen LogP contribution < -0.4 is 5.32 Å². The van der Waals surface area contributed by atoms with Crippen LogP contribution in [0.25, 0.3) is 0 Å². The molecule has 0 aromatic heterocycles. The summed E-state index contributed by atoms with van der Waals surface area (Å²) in [6.07, 6.45) is 10.2. The first-order valence-corrected chi connectivity index (χ1v) is 8.88. The predicted octanol–water partition coefficient (Wildman–Crippen LogP) is 3.67. The van der Waals surface area contributed by atoms with Gasteiger partial charge in [0.25, 0.3) is 0 Å². The molecular weight excluding hydrogens is 262 g/mol. The first-order chi connectivity index (χ1) is 10.0. The number of nitrogens with one attached hydrogen (secondary N) is 1. The third-order valence-electron chi connectivity index (χ3n) is 6.48. The third kappa shape index (κ3) is 2.53. The molecule has 0 bridgehead atoms. The van der Waals surface area contributed by atoms with Gasteiger partial charge >= 0.3 is 0 Å². The first-order valence-electron chi connectivity index (χ1n) is 8.88. The summed E-state index contributed by atoms with van der Waals surface area (Å²) in [5, 5.41) is 2.66. The molecule has 21 heavy (non-hydrogen) atoms. The Morgan fingerprint density at radius 3 is 2.38 bits per heavy atom. The summed E-state index contributed by atoms with van der Waals surface area (Å²) in [5.74, 6) is 1.72. The van der Waals surface area contributed by atoms with E-state index in [4.69, 9.17) is 0 Å². The van der Waals surface area contributed by atoms with Gasteiger partial charge in [-0.25, -0.2) is 0 Å². The molecule has 1 saturated heterocycles.